The minimum absolute atomic E-state index is 0.231. The zero-order chi connectivity index (χ0) is 19.6. The summed E-state index contributed by atoms with van der Waals surface area (Å²) in [5.41, 5.74) is 5.97. The van der Waals surface area contributed by atoms with E-state index < -0.39 is 0 Å². The first-order valence-electron chi connectivity index (χ1n) is 9.35. The highest BCUT2D eigenvalue weighted by molar-refractivity contribution is 6.07. The van der Waals surface area contributed by atoms with Crippen LogP contribution < -0.4 is 10.2 Å². The first-order chi connectivity index (χ1) is 12.9. The van der Waals surface area contributed by atoms with Gasteiger partial charge >= 0.3 is 0 Å². The summed E-state index contributed by atoms with van der Waals surface area (Å²) in [6.45, 7) is 11.7. The van der Waals surface area contributed by atoms with Crippen molar-refractivity contribution in [1.82, 2.24) is 9.97 Å². The van der Waals surface area contributed by atoms with E-state index in [1.165, 1.54) is 5.56 Å². The molecule has 1 heterocycles. The largest absolute Gasteiger partial charge is 0.355 e. The molecule has 0 bridgehead atoms. The first-order valence-corrected chi connectivity index (χ1v) is 9.35. The number of para-hydroxylation sites is 2. The predicted octanol–water partition coefficient (Wildman–Crippen LogP) is 4.65. The molecule has 27 heavy (non-hydrogen) atoms. The summed E-state index contributed by atoms with van der Waals surface area (Å²) < 4.78 is 0. The molecular weight excluding hydrogens is 336 g/mol. The number of rotatable bonds is 5. The van der Waals surface area contributed by atoms with Crippen LogP contribution in [0.25, 0.3) is 11.0 Å². The third-order valence-electron chi connectivity index (χ3n) is 4.75. The van der Waals surface area contributed by atoms with Crippen LogP contribution in [0.1, 0.15) is 41.0 Å². The molecule has 1 N–H and O–H groups in total. The lowest BCUT2D eigenvalue weighted by Gasteiger charge is -2.22. The highest BCUT2D eigenvalue weighted by atomic mass is 16.1. The summed E-state index contributed by atoms with van der Waals surface area (Å²) in [5, 5.41) is 3.06. The normalized spacial score (nSPS) is 10.9. The van der Waals surface area contributed by atoms with Gasteiger partial charge in [0.15, 0.2) is 11.5 Å². The Labute approximate surface area is 160 Å². The zero-order valence-corrected chi connectivity index (χ0v) is 16.6. The highest BCUT2D eigenvalue weighted by Crippen LogP contribution is 2.25. The molecule has 0 saturated heterocycles. The van der Waals surface area contributed by atoms with E-state index in [1.54, 1.807) is 0 Å². The summed E-state index contributed by atoms with van der Waals surface area (Å²) >= 11 is 0. The van der Waals surface area contributed by atoms with Gasteiger partial charge in [-0.3, -0.25) is 4.79 Å². The van der Waals surface area contributed by atoms with Gasteiger partial charge in [0.05, 0.1) is 11.0 Å². The van der Waals surface area contributed by atoms with Gasteiger partial charge in [-0.05, 0) is 57.9 Å². The maximum atomic E-state index is 13.2. The number of nitrogens with one attached hydrogen (secondary N) is 1. The number of benzene rings is 2. The van der Waals surface area contributed by atoms with Crippen molar-refractivity contribution in [2.24, 2.45) is 0 Å². The van der Waals surface area contributed by atoms with Gasteiger partial charge in [0.1, 0.15) is 0 Å². The Morgan fingerprint density at radius 2 is 1.52 bits per heavy atom. The van der Waals surface area contributed by atoms with Crippen molar-refractivity contribution in [2.75, 3.05) is 23.3 Å². The molecular formula is C22H26N4O. The fourth-order valence-corrected chi connectivity index (χ4v) is 3.44. The Bertz CT molecular complexity index is 970. The van der Waals surface area contributed by atoms with Crippen LogP contribution in [-0.2, 0) is 0 Å². The monoisotopic (exact) mass is 362 g/mol. The number of aryl methyl sites for hydroxylation is 3. The summed E-state index contributed by atoms with van der Waals surface area (Å²) in [6, 6.07) is 11.8. The quantitative estimate of drug-likeness (QED) is 0.717. The van der Waals surface area contributed by atoms with Crippen molar-refractivity contribution in [3.8, 4) is 0 Å². The van der Waals surface area contributed by atoms with Gasteiger partial charge in [-0.15, -0.1) is 0 Å². The van der Waals surface area contributed by atoms with Crippen LogP contribution in [0.15, 0.2) is 36.4 Å². The van der Waals surface area contributed by atoms with E-state index >= 15 is 0 Å². The second kappa shape index (κ2) is 7.74. The summed E-state index contributed by atoms with van der Waals surface area (Å²) in [4.78, 5) is 24.6. The fraction of sp³-hybridized carbons (Fsp3) is 0.318. The molecule has 1 aromatic heterocycles. The number of carbonyl (C=O) groups excluding carboxylic acids is 1. The SMILES string of the molecule is CCN(CC)c1nc2ccccc2nc1C(=O)Nc1c(C)cc(C)cc1C. The summed E-state index contributed by atoms with van der Waals surface area (Å²) in [5.74, 6) is 0.392. The summed E-state index contributed by atoms with van der Waals surface area (Å²) in [7, 11) is 0. The smallest absolute Gasteiger partial charge is 0.278 e. The molecule has 0 aliphatic carbocycles. The van der Waals surface area contributed by atoms with Gasteiger partial charge in [-0.2, -0.15) is 0 Å². The average molecular weight is 362 g/mol. The standard InChI is InChI=1S/C22H26N4O/c1-6-26(7-2)21-20(23-17-10-8-9-11-18(17)24-21)22(27)25-19-15(4)12-14(3)13-16(19)5/h8-13H,6-7H2,1-5H3,(H,25,27). The Morgan fingerprint density at radius 1 is 0.963 bits per heavy atom. The van der Waals surface area contributed by atoms with Gasteiger partial charge in [0, 0.05) is 18.8 Å². The molecule has 3 aromatic rings. The van der Waals surface area contributed by atoms with Gasteiger partial charge < -0.3 is 10.2 Å². The van der Waals surface area contributed by atoms with Gasteiger partial charge in [0.25, 0.3) is 5.91 Å². The van der Waals surface area contributed by atoms with E-state index in [0.29, 0.717) is 11.5 Å². The number of anilines is 2. The number of carbonyl (C=O) groups is 1. The Balaban J connectivity index is 2.09. The zero-order valence-electron chi connectivity index (χ0n) is 16.6. The molecule has 0 saturated carbocycles. The van der Waals surface area contributed by atoms with Crippen LogP contribution in [0.3, 0.4) is 0 Å². The number of aromatic nitrogens is 2. The van der Waals surface area contributed by atoms with E-state index in [2.05, 4.69) is 48.1 Å². The van der Waals surface area contributed by atoms with E-state index in [-0.39, 0.29) is 5.91 Å². The van der Waals surface area contributed by atoms with Crippen molar-refractivity contribution >= 4 is 28.4 Å². The molecule has 0 fully saturated rings. The van der Waals surface area contributed by atoms with Crippen LogP contribution in [0, 0.1) is 20.8 Å². The molecule has 0 spiro atoms. The Hall–Kier alpha value is -2.95. The Morgan fingerprint density at radius 3 is 2.07 bits per heavy atom. The molecule has 0 unspecified atom stereocenters. The topological polar surface area (TPSA) is 58.1 Å². The molecule has 1 amide bonds. The van der Waals surface area contributed by atoms with Gasteiger partial charge in [-0.1, -0.05) is 29.8 Å². The van der Waals surface area contributed by atoms with Gasteiger partial charge in [0.2, 0.25) is 0 Å². The Kier molecular flexibility index (Phi) is 5.40. The van der Waals surface area contributed by atoms with Crippen LogP contribution in [0.5, 0.6) is 0 Å². The fourth-order valence-electron chi connectivity index (χ4n) is 3.44. The van der Waals surface area contributed by atoms with Crippen molar-refractivity contribution in [1.29, 1.82) is 0 Å². The van der Waals surface area contributed by atoms with Crippen molar-refractivity contribution in [3.63, 3.8) is 0 Å². The van der Waals surface area contributed by atoms with E-state index in [4.69, 9.17) is 4.98 Å². The van der Waals surface area contributed by atoms with Crippen molar-refractivity contribution in [3.05, 3.63) is 58.8 Å². The molecule has 140 valence electrons. The predicted molar refractivity (Wildman–Crippen MR) is 112 cm³/mol. The van der Waals surface area contributed by atoms with Crippen molar-refractivity contribution < 1.29 is 4.79 Å². The molecule has 0 atom stereocenters. The lowest BCUT2D eigenvalue weighted by atomic mass is 10.0. The van der Waals surface area contributed by atoms with Crippen LogP contribution in [0.4, 0.5) is 11.5 Å². The van der Waals surface area contributed by atoms with E-state index in [9.17, 15) is 4.79 Å². The highest BCUT2D eigenvalue weighted by Gasteiger charge is 2.21. The van der Waals surface area contributed by atoms with E-state index in [0.717, 1.165) is 40.9 Å². The molecule has 5 nitrogen and oxygen atoms in total. The third kappa shape index (κ3) is 3.77. The lowest BCUT2D eigenvalue weighted by molar-refractivity contribution is 0.102. The molecule has 5 heteroatoms. The first kappa shape index (κ1) is 18.8. The minimum atomic E-state index is -0.231. The molecule has 3 rings (SSSR count). The van der Waals surface area contributed by atoms with Gasteiger partial charge in [-0.25, -0.2) is 9.97 Å². The van der Waals surface area contributed by atoms with E-state index in [1.807, 2.05) is 38.1 Å². The van der Waals surface area contributed by atoms with Crippen LogP contribution >= 0.6 is 0 Å². The second-order valence-electron chi connectivity index (χ2n) is 6.78. The lowest BCUT2D eigenvalue weighted by Crippen LogP contribution is -2.28. The summed E-state index contributed by atoms with van der Waals surface area (Å²) in [6.07, 6.45) is 0. The number of nitrogens with zero attached hydrogens (tertiary/aromatic N) is 3. The maximum absolute atomic E-state index is 13.2. The second-order valence-corrected chi connectivity index (χ2v) is 6.78. The molecule has 0 radical (unpaired) electrons. The number of amides is 1. The minimum Gasteiger partial charge on any atom is -0.355 e. The average Bonchev–Trinajstić information content (AvgIpc) is 2.65. The molecule has 0 aliphatic heterocycles. The maximum Gasteiger partial charge on any atom is 0.278 e. The number of hydrogen-bond donors (Lipinski definition) is 1. The van der Waals surface area contributed by atoms with Crippen molar-refractivity contribution in [2.45, 2.75) is 34.6 Å². The third-order valence-corrected chi connectivity index (χ3v) is 4.75. The molecule has 0 aliphatic rings. The number of hydrogen-bond acceptors (Lipinski definition) is 4. The van der Waals surface area contributed by atoms with Crippen LogP contribution in [-0.4, -0.2) is 29.0 Å². The van der Waals surface area contributed by atoms with Crippen LogP contribution in [0.2, 0.25) is 0 Å². The molecule has 2 aromatic carbocycles. The number of fused-ring (bicyclic) bond motifs is 1.